The quantitative estimate of drug-likeness (QED) is 0.626. The highest BCUT2D eigenvalue weighted by molar-refractivity contribution is 6.32. The van der Waals surface area contributed by atoms with Gasteiger partial charge in [-0.2, -0.15) is 0 Å². The molecule has 0 unspecified atom stereocenters. The van der Waals surface area contributed by atoms with Crippen molar-refractivity contribution in [1.82, 2.24) is 4.57 Å². The van der Waals surface area contributed by atoms with Crippen LogP contribution in [0, 0.1) is 0 Å². The molecule has 54 valence electrons. The Labute approximate surface area is 62.8 Å². The van der Waals surface area contributed by atoms with Crippen molar-refractivity contribution in [3.63, 3.8) is 0 Å². The SMILES string of the molecule is Cn1c(O)cc(C=O)c1Cl. The molecule has 0 saturated heterocycles. The van der Waals surface area contributed by atoms with Gasteiger partial charge < -0.3 is 9.67 Å². The minimum Gasteiger partial charge on any atom is -0.494 e. The summed E-state index contributed by atoms with van der Waals surface area (Å²) in [6, 6.07) is 1.31. The van der Waals surface area contributed by atoms with E-state index in [1.165, 1.54) is 10.6 Å². The number of hydrogen-bond donors (Lipinski definition) is 1. The fourth-order valence-electron chi connectivity index (χ4n) is 0.672. The highest BCUT2D eigenvalue weighted by atomic mass is 35.5. The first kappa shape index (κ1) is 7.15. The van der Waals surface area contributed by atoms with E-state index in [0.29, 0.717) is 11.8 Å². The van der Waals surface area contributed by atoms with Crippen molar-refractivity contribution in [2.24, 2.45) is 7.05 Å². The molecular formula is C6H6ClNO2. The van der Waals surface area contributed by atoms with Crippen molar-refractivity contribution in [2.75, 3.05) is 0 Å². The summed E-state index contributed by atoms with van der Waals surface area (Å²) in [4.78, 5) is 10.2. The van der Waals surface area contributed by atoms with Crippen molar-refractivity contribution < 1.29 is 9.90 Å². The molecule has 0 aliphatic carbocycles. The van der Waals surface area contributed by atoms with Gasteiger partial charge in [0.05, 0.1) is 5.56 Å². The maximum atomic E-state index is 10.2. The van der Waals surface area contributed by atoms with Crippen LogP contribution < -0.4 is 0 Å². The molecule has 0 aromatic carbocycles. The van der Waals surface area contributed by atoms with Crippen LogP contribution in [0.15, 0.2) is 6.07 Å². The molecule has 0 atom stereocenters. The van der Waals surface area contributed by atoms with E-state index in [1.54, 1.807) is 7.05 Å². The van der Waals surface area contributed by atoms with Crippen LogP contribution in [0.2, 0.25) is 5.15 Å². The van der Waals surface area contributed by atoms with E-state index >= 15 is 0 Å². The largest absolute Gasteiger partial charge is 0.494 e. The Balaban J connectivity index is 3.30. The van der Waals surface area contributed by atoms with Gasteiger partial charge >= 0.3 is 0 Å². The molecule has 0 bridgehead atoms. The molecule has 0 aliphatic heterocycles. The molecule has 10 heavy (non-hydrogen) atoms. The van der Waals surface area contributed by atoms with Gasteiger partial charge in [0.15, 0.2) is 12.2 Å². The first-order valence-corrected chi connectivity index (χ1v) is 3.04. The number of carbonyl (C=O) groups excluding carboxylic acids is 1. The zero-order chi connectivity index (χ0) is 7.72. The van der Waals surface area contributed by atoms with Gasteiger partial charge in [0.1, 0.15) is 5.15 Å². The molecule has 0 fully saturated rings. The standard InChI is InChI=1S/C6H6ClNO2/c1-8-5(10)2-4(3-9)6(8)7/h2-3,10H,1H3. The summed E-state index contributed by atoms with van der Waals surface area (Å²) in [5.74, 6) is -0.00731. The Bertz CT molecular complexity index is 267. The Morgan fingerprint density at radius 3 is 2.60 bits per heavy atom. The molecule has 0 aliphatic rings. The van der Waals surface area contributed by atoms with Crippen LogP contribution in [0.25, 0.3) is 0 Å². The average molecular weight is 160 g/mol. The molecule has 0 radical (unpaired) electrons. The van der Waals surface area contributed by atoms with Crippen LogP contribution in [0.5, 0.6) is 5.88 Å². The number of hydrogen-bond acceptors (Lipinski definition) is 2. The number of aromatic hydroxyl groups is 1. The maximum Gasteiger partial charge on any atom is 0.192 e. The fraction of sp³-hybridized carbons (Fsp3) is 0.167. The van der Waals surface area contributed by atoms with Crippen molar-refractivity contribution >= 4 is 17.9 Å². The highest BCUT2D eigenvalue weighted by Gasteiger charge is 2.07. The van der Waals surface area contributed by atoms with Crippen LogP contribution >= 0.6 is 11.6 Å². The predicted molar refractivity (Wildman–Crippen MR) is 37.5 cm³/mol. The van der Waals surface area contributed by atoms with Gasteiger partial charge in [-0.25, -0.2) is 0 Å². The summed E-state index contributed by atoms with van der Waals surface area (Å²) in [5.41, 5.74) is 0.307. The number of rotatable bonds is 1. The Morgan fingerprint density at radius 1 is 1.80 bits per heavy atom. The smallest absolute Gasteiger partial charge is 0.192 e. The number of nitrogens with zero attached hydrogens (tertiary/aromatic N) is 1. The summed E-state index contributed by atoms with van der Waals surface area (Å²) in [6.07, 6.45) is 0.599. The van der Waals surface area contributed by atoms with E-state index in [0.717, 1.165) is 0 Å². The normalized spacial score (nSPS) is 9.80. The second-order valence-electron chi connectivity index (χ2n) is 1.93. The summed E-state index contributed by atoms with van der Waals surface area (Å²) < 4.78 is 1.32. The van der Waals surface area contributed by atoms with Crippen LogP contribution in [0.4, 0.5) is 0 Å². The lowest BCUT2D eigenvalue weighted by Crippen LogP contribution is -1.86. The highest BCUT2D eigenvalue weighted by Crippen LogP contribution is 2.22. The lowest BCUT2D eigenvalue weighted by atomic mass is 10.4. The monoisotopic (exact) mass is 159 g/mol. The van der Waals surface area contributed by atoms with Crippen LogP contribution in [0.1, 0.15) is 10.4 Å². The summed E-state index contributed by atoms with van der Waals surface area (Å²) in [6.45, 7) is 0. The average Bonchev–Trinajstić information content (AvgIpc) is 2.17. The van der Waals surface area contributed by atoms with Crippen LogP contribution in [-0.4, -0.2) is 16.0 Å². The second-order valence-corrected chi connectivity index (χ2v) is 2.28. The second kappa shape index (κ2) is 2.34. The lowest BCUT2D eigenvalue weighted by Gasteiger charge is -1.93. The molecule has 1 heterocycles. The molecule has 0 saturated carbocycles. The van der Waals surface area contributed by atoms with Crippen molar-refractivity contribution in [3.05, 3.63) is 16.8 Å². The van der Waals surface area contributed by atoms with E-state index in [9.17, 15) is 4.79 Å². The van der Waals surface area contributed by atoms with Gasteiger partial charge in [-0.15, -0.1) is 0 Å². The number of aromatic nitrogens is 1. The van der Waals surface area contributed by atoms with Crippen molar-refractivity contribution in [1.29, 1.82) is 0 Å². The van der Waals surface area contributed by atoms with Gasteiger partial charge in [0.2, 0.25) is 0 Å². The van der Waals surface area contributed by atoms with E-state index < -0.39 is 0 Å². The minimum atomic E-state index is -0.00731. The first-order chi connectivity index (χ1) is 4.66. The van der Waals surface area contributed by atoms with Gasteiger partial charge in [-0.3, -0.25) is 4.79 Å². The summed E-state index contributed by atoms with van der Waals surface area (Å²) >= 11 is 5.59. The van der Waals surface area contributed by atoms with E-state index in [4.69, 9.17) is 16.7 Å². The third kappa shape index (κ3) is 0.885. The zero-order valence-corrected chi connectivity index (χ0v) is 6.09. The number of aldehydes is 1. The van der Waals surface area contributed by atoms with Crippen LogP contribution in [0.3, 0.4) is 0 Å². The fourth-order valence-corrected chi connectivity index (χ4v) is 0.858. The molecule has 1 N–H and O–H groups in total. The molecule has 1 aromatic rings. The summed E-state index contributed by atoms with van der Waals surface area (Å²) in [7, 11) is 1.57. The number of halogens is 1. The third-order valence-corrected chi connectivity index (χ3v) is 1.76. The third-order valence-electron chi connectivity index (χ3n) is 1.29. The molecule has 0 spiro atoms. The maximum absolute atomic E-state index is 10.2. The molecule has 0 amide bonds. The van der Waals surface area contributed by atoms with E-state index in [1.807, 2.05) is 0 Å². The Morgan fingerprint density at radius 2 is 2.40 bits per heavy atom. The lowest BCUT2D eigenvalue weighted by molar-refractivity contribution is 0.112. The zero-order valence-electron chi connectivity index (χ0n) is 5.34. The van der Waals surface area contributed by atoms with Gasteiger partial charge in [0, 0.05) is 13.1 Å². The minimum absolute atomic E-state index is 0.00731. The molecule has 3 nitrogen and oxygen atoms in total. The van der Waals surface area contributed by atoms with Gasteiger partial charge in [0.25, 0.3) is 0 Å². The van der Waals surface area contributed by atoms with Crippen molar-refractivity contribution in [3.8, 4) is 5.88 Å². The molecular weight excluding hydrogens is 154 g/mol. The van der Waals surface area contributed by atoms with Crippen molar-refractivity contribution in [2.45, 2.75) is 0 Å². The van der Waals surface area contributed by atoms with E-state index in [2.05, 4.69) is 0 Å². The topological polar surface area (TPSA) is 42.2 Å². The molecule has 1 rings (SSSR count). The van der Waals surface area contributed by atoms with Gasteiger partial charge in [-0.05, 0) is 0 Å². The molecule has 4 heteroatoms. The van der Waals surface area contributed by atoms with Gasteiger partial charge in [-0.1, -0.05) is 11.6 Å². The van der Waals surface area contributed by atoms with Crippen LogP contribution in [-0.2, 0) is 7.05 Å². The molecule has 1 aromatic heterocycles. The Hall–Kier alpha value is -0.960. The Kier molecular flexibility index (Phi) is 1.68. The van der Waals surface area contributed by atoms with E-state index in [-0.39, 0.29) is 11.0 Å². The summed E-state index contributed by atoms with van der Waals surface area (Å²) in [5, 5.41) is 9.23. The predicted octanol–water partition coefficient (Wildman–Crippen LogP) is 1.20. The first-order valence-electron chi connectivity index (χ1n) is 2.66. The number of carbonyl (C=O) groups is 1.